The van der Waals surface area contributed by atoms with Crippen LogP contribution in [-0.2, 0) is 16.2 Å². The van der Waals surface area contributed by atoms with Gasteiger partial charge in [-0.05, 0) is 56.0 Å². The average Bonchev–Trinajstić information content (AvgIpc) is 3.23. The number of rotatable bonds is 6. The van der Waals surface area contributed by atoms with Crippen LogP contribution in [0, 0.1) is 0 Å². The maximum absolute atomic E-state index is 12.4. The van der Waals surface area contributed by atoms with Gasteiger partial charge in [0.1, 0.15) is 12.3 Å². The Bertz CT molecular complexity index is 1440. The number of fused-ring (bicyclic) bond motifs is 1. The normalized spacial score (nSPS) is 14.2. The fraction of sp³-hybridized carbons (Fsp3) is 0.0714. The van der Waals surface area contributed by atoms with E-state index in [1.807, 2.05) is 60.7 Å². The van der Waals surface area contributed by atoms with Gasteiger partial charge < -0.3 is 14.3 Å². The van der Waals surface area contributed by atoms with Crippen molar-refractivity contribution in [3.63, 3.8) is 0 Å². The van der Waals surface area contributed by atoms with Crippen LogP contribution in [0.3, 0.4) is 0 Å². The minimum Gasteiger partial charge on any atom is -0.493 e. The monoisotopic (exact) mass is 513 g/mol. The molecule has 0 unspecified atom stereocenters. The molecule has 6 heteroatoms. The molecule has 1 aliphatic heterocycles. The summed E-state index contributed by atoms with van der Waals surface area (Å²) < 4.78 is 12.5. The maximum Gasteiger partial charge on any atom is 0.368 e. The summed E-state index contributed by atoms with van der Waals surface area (Å²) in [5, 5.41) is 6.28. The number of hydrogen-bond acceptors (Lipinski definition) is 5. The summed E-state index contributed by atoms with van der Waals surface area (Å²) in [4.78, 5) is 17.3. The van der Waals surface area contributed by atoms with Crippen LogP contribution in [0.1, 0.15) is 16.7 Å². The molecule has 0 spiro atoms. The number of nitrogens with zero attached hydrogens (tertiary/aromatic N) is 1. The Morgan fingerprint density at radius 1 is 0.971 bits per heavy atom. The highest BCUT2D eigenvalue weighted by molar-refractivity contribution is 9.10. The lowest BCUT2D eigenvalue weighted by molar-refractivity contribution is -0.136. The Morgan fingerprint density at radius 3 is 2.56 bits per heavy atom. The van der Waals surface area contributed by atoms with E-state index in [4.69, 9.17) is 14.3 Å². The molecule has 0 aromatic heterocycles. The zero-order valence-electron chi connectivity index (χ0n) is 18.3. The highest BCUT2D eigenvalue weighted by atomic mass is 79.9. The molecule has 5 rings (SSSR count). The third-order valence-corrected chi connectivity index (χ3v) is 6.15. The molecular formula is C28H20BrNO4. The minimum absolute atomic E-state index is 0.379. The van der Waals surface area contributed by atoms with Crippen molar-refractivity contribution in [3.8, 4) is 11.5 Å². The Kier molecular flexibility index (Phi) is 6.14. The van der Waals surface area contributed by atoms with Crippen molar-refractivity contribution in [3.05, 3.63) is 112 Å². The van der Waals surface area contributed by atoms with E-state index in [1.54, 1.807) is 13.2 Å². The Morgan fingerprint density at radius 2 is 1.74 bits per heavy atom. The third kappa shape index (κ3) is 4.32. The Hall–Kier alpha value is -3.90. The quantitative estimate of drug-likeness (QED) is 0.217. The van der Waals surface area contributed by atoms with Gasteiger partial charge in [-0.2, -0.15) is 0 Å². The summed E-state index contributed by atoms with van der Waals surface area (Å²) >= 11 is 3.61. The first kappa shape index (κ1) is 21.9. The minimum atomic E-state index is -0.495. The van der Waals surface area contributed by atoms with Gasteiger partial charge >= 0.3 is 5.97 Å². The second-order valence-corrected chi connectivity index (χ2v) is 8.56. The highest BCUT2D eigenvalue weighted by Crippen LogP contribution is 2.38. The predicted octanol–water partition coefficient (Wildman–Crippen LogP) is 6.53. The van der Waals surface area contributed by atoms with Crippen LogP contribution in [0.5, 0.6) is 11.5 Å². The van der Waals surface area contributed by atoms with E-state index in [-0.39, 0.29) is 0 Å². The van der Waals surface area contributed by atoms with Crippen LogP contribution in [0.25, 0.3) is 16.8 Å². The second kappa shape index (κ2) is 9.53. The molecule has 0 N–H and O–H groups in total. The molecule has 0 atom stereocenters. The zero-order chi connectivity index (χ0) is 23.5. The van der Waals surface area contributed by atoms with Crippen molar-refractivity contribution in [2.24, 2.45) is 5.16 Å². The molecule has 5 nitrogen and oxygen atoms in total. The topological polar surface area (TPSA) is 57.1 Å². The summed E-state index contributed by atoms with van der Waals surface area (Å²) in [7, 11) is 1.59. The van der Waals surface area contributed by atoms with Gasteiger partial charge in [0.2, 0.25) is 0 Å². The molecule has 4 aromatic carbocycles. The molecule has 1 aliphatic rings. The van der Waals surface area contributed by atoms with Gasteiger partial charge in [-0.1, -0.05) is 78.0 Å². The lowest BCUT2D eigenvalue weighted by atomic mass is 10.0. The van der Waals surface area contributed by atoms with Crippen molar-refractivity contribution in [2.75, 3.05) is 7.11 Å². The molecule has 0 fully saturated rings. The van der Waals surface area contributed by atoms with E-state index in [0.717, 1.165) is 27.5 Å². The first-order valence-electron chi connectivity index (χ1n) is 10.7. The number of carbonyl (C=O) groups excluding carboxylic acids is 1. The lowest BCUT2D eigenvalue weighted by Crippen LogP contribution is -2.06. The van der Waals surface area contributed by atoms with Crippen molar-refractivity contribution in [1.29, 1.82) is 0 Å². The smallest absolute Gasteiger partial charge is 0.368 e. The molecule has 0 saturated heterocycles. The molecular weight excluding hydrogens is 494 g/mol. The number of oxime groups is 1. The summed E-state index contributed by atoms with van der Waals surface area (Å²) in [6.45, 7) is 0.383. The molecule has 0 bridgehead atoms. The fourth-order valence-electron chi connectivity index (χ4n) is 3.91. The van der Waals surface area contributed by atoms with E-state index < -0.39 is 5.97 Å². The summed E-state index contributed by atoms with van der Waals surface area (Å²) in [5.41, 5.74) is 3.51. The lowest BCUT2D eigenvalue weighted by Gasteiger charge is -2.15. The zero-order valence-corrected chi connectivity index (χ0v) is 19.9. The number of hydrogen-bond donors (Lipinski definition) is 0. The van der Waals surface area contributed by atoms with Gasteiger partial charge in [0.25, 0.3) is 0 Å². The molecule has 34 heavy (non-hydrogen) atoms. The van der Waals surface area contributed by atoms with Crippen LogP contribution in [0.2, 0.25) is 0 Å². The van der Waals surface area contributed by atoms with Gasteiger partial charge in [0.05, 0.1) is 17.2 Å². The van der Waals surface area contributed by atoms with Crippen molar-refractivity contribution in [2.45, 2.75) is 6.61 Å². The number of benzene rings is 4. The number of ether oxygens (including phenoxy) is 2. The summed E-state index contributed by atoms with van der Waals surface area (Å²) in [6, 6.07) is 27.5. The average molecular weight is 514 g/mol. The second-order valence-electron chi connectivity index (χ2n) is 7.70. The number of halogens is 1. The van der Waals surface area contributed by atoms with Crippen LogP contribution < -0.4 is 9.47 Å². The Balaban J connectivity index is 1.45. The summed E-state index contributed by atoms with van der Waals surface area (Å²) in [5.74, 6) is 0.639. The molecule has 0 radical (unpaired) electrons. The molecule has 1 heterocycles. The first-order chi connectivity index (χ1) is 16.6. The molecule has 0 saturated carbocycles. The van der Waals surface area contributed by atoms with E-state index in [2.05, 4.69) is 45.4 Å². The van der Waals surface area contributed by atoms with E-state index in [0.29, 0.717) is 33.9 Å². The van der Waals surface area contributed by atoms with Crippen LogP contribution >= 0.6 is 15.9 Å². The van der Waals surface area contributed by atoms with E-state index in [1.165, 1.54) is 0 Å². The van der Waals surface area contributed by atoms with Gasteiger partial charge in [-0.3, -0.25) is 0 Å². The van der Waals surface area contributed by atoms with E-state index in [9.17, 15) is 4.79 Å². The number of carbonyl (C=O) groups is 1. The van der Waals surface area contributed by atoms with Gasteiger partial charge in [-0.25, -0.2) is 4.79 Å². The molecule has 168 valence electrons. The SMILES string of the molecule is COc1cc(/C=C2\C(=O)ON=C2c2ccccc2)cc(Br)c1OCc1cccc2ccccc12. The van der Waals surface area contributed by atoms with Crippen molar-refractivity contribution in [1.82, 2.24) is 0 Å². The van der Waals surface area contributed by atoms with Crippen LogP contribution in [0.15, 0.2) is 100 Å². The van der Waals surface area contributed by atoms with Gasteiger partial charge in [0, 0.05) is 5.56 Å². The van der Waals surface area contributed by atoms with Crippen molar-refractivity contribution >= 4 is 44.5 Å². The highest BCUT2D eigenvalue weighted by Gasteiger charge is 2.27. The van der Waals surface area contributed by atoms with Gasteiger partial charge in [-0.15, -0.1) is 0 Å². The largest absolute Gasteiger partial charge is 0.493 e. The van der Waals surface area contributed by atoms with E-state index >= 15 is 0 Å². The van der Waals surface area contributed by atoms with Crippen LogP contribution in [-0.4, -0.2) is 18.8 Å². The third-order valence-electron chi connectivity index (χ3n) is 5.56. The Labute approximate surface area is 205 Å². The molecule has 0 amide bonds. The van der Waals surface area contributed by atoms with Crippen LogP contribution in [0.4, 0.5) is 0 Å². The molecule has 0 aliphatic carbocycles. The number of methoxy groups -OCH3 is 1. The standard InChI is InChI=1S/C28H20BrNO4/c1-32-25-16-18(14-23-26(30-34-28(23)31)20-9-3-2-4-10-20)15-24(29)27(25)33-17-21-12-7-11-19-8-5-6-13-22(19)21/h2-16H,17H2,1H3/b23-14-. The van der Waals surface area contributed by atoms with Crippen molar-refractivity contribution < 1.29 is 19.1 Å². The first-order valence-corrected chi connectivity index (χ1v) is 11.5. The summed E-state index contributed by atoms with van der Waals surface area (Å²) in [6.07, 6.45) is 1.74. The fourth-order valence-corrected chi connectivity index (χ4v) is 4.49. The van der Waals surface area contributed by atoms with Gasteiger partial charge in [0.15, 0.2) is 11.5 Å². The molecule has 4 aromatic rings. The maximum atomic E-state index is 12.4. The predicted molar refractivity (Wildman–Crippen MR) is 136 cm³/mol.